The van der Waals surface area contributed by atoms with E-state index < -0.39 is 0 Å². The molecule has 0 bridgehead atoms. The third-order valence-electron chi connectivity index (χ3n) is 3.37. The Morgan fingerprint density at radius 1 is 1.19 bits per heavy atom. The van der Waals surface area contributed by atoms with Gasteiger partial charge >= 0.3 is 0 Å². The third kappa shape index (κ3) is 6.23. The van der Waals surface area contributed by atoms with Crippen molar-refractivity contribution in [2.45, 2.75) is 51.4 Å². The predicted octanol–water partition coefficient (Wildman–Crippen LogP) is 1.85. The minimum Gasteiger partial charge on any atom is -0.329 e. The molecule has 0 aromatic rings. The molecule has 0 aliphatic heterocycles. The first-order chi connectivity index (χ1) is 7.83. The molecule has 16 heavy (non-hydrogen) atoms. The number of rotatable bonds is 8. The molecule has 0 heterocycles. The van der Waals surface area contributed by atoms with Crippen molar-refractivity contribution in [2.75, 3.05) is 19.6 Å². The van der Waals surface area contributed by atoms with Gasteiger partial charge in [-0.1, -0.05) is 32.1 Å². The molecule has 0 amide bonds. The number of hydrogen-bond acceptors (Lipinski definition) is 3. The van der Waals surface area contributed by atoms with Gasteiger partial charge in [-0.3, -0.25) is 4.79 Å². The second kappa shape index (κ2) is 8.71. The van der Waals surface area contributed by atoms with Crippen molar-refractivity contribution in [3.63, 3.8) is 0 Å². The van der Waals surface area contributed by atoms with E-state index in [1.165, 1.54) is 32.1 Å². The molecular formula is C13H26N2O. The molecular weight excluding hydrogens is 200 g/mol. The Morgan fingerprint density at radius 3 is 2.62 bits per heavy atom. The van der Waals surface area contributed by atoms with Crippen LogP contribution in [0.15, 0.2) is 0 Å². The van der Waals surface area contributed by atoms with E-state index in [9.17, 15) is 4.79 Å². The molecule has 94 valence electrons. The fraction of sp³-hybridized carbons (Fsp3) is 0.923. The summed E-state index contributed by atoms with van der Waals surface area (Å²) in [5, 5.41) is 3.22. The Hall–Kier alpha value is -0.410. The maximum Gasteiger partial charge on any atom is 0.133 e. The van der Waals surface area contributed by atoms with E-state index in [4.69, 9.17) is 5.73 Å². The maximum absolute atomic E-state index is 11.7. The summed E-state index contributed by atoms with van der Waals surface area (Å²) < 4.78 is 0. The van der Waals surface area contributed by atoms with Crippen molar-refractivity contribution < 1.29 is 4.79 Å². The molecule has 0 aromatic heterocycles. The van der Waals surface area contributed by atoms with Gasteiger partial charge in [0.15, 0.2) is 0 Å². The van der Waals surface area contributed by atoms with Gasteiger partial charge in [0, 0.05) is 25.9 Å². The lowest BCUT2D eigenvalue weighted by molar-refractivity contribution is -0.120. The molecule has 3 N–H and O–H groups in total. The summed E-state index contributed by atoms with van der Waals surface area (Å²) in [7, 11) is 0. The smallest absolute Gasteiger partial charge is 0.133 e. The van der Waals surface area contributed by atoms with Crippen molar-refractivity contribution in [3.05, 3.63) is 0 Å². The second-order valence-corrected chi connectivity index (χ2v) is 4.89. The van der Waals surface area contributed by atoms with E-state index in [0.29, 0.717) is 18.2 Å². The first-order valence-electron chi connectivity index (χ1n) is 6.75. The highest BCUT2D eigenvalue weighted by molar-refractivity contribution is 5.78. The zero-order valence-electron chi connectivity index (χ0n) is 10.3. The minimum absolute atomic E-state index is 0.460. The van der Waals surface area contributed by atoms with E-state index in [-0.39, 0.29) is 0 Å². The second-order valence-electron chi connectivity index (χ2n) is 4.89. The van der Waals surface area contributed by atoms with Gasteiger partial charge in [-0.25, -0.2) is 0 Å². The van der Waals surface area contributed by atoms with Gasteiger partial charge in [0.25, 0.3) is 0 Å². The molecule has 1 rings (SSSR count). The van der Waals surface area contributed by atoms with E-state index >= 15 is 0 Å². The highest BCUT2D eigenvalue weighted by Crippen LogP contribution is 2.26. The summed E-state index contributed by atoms with van der Waals surface area (Å²) >= 11 is 0. The molecule has 1 fully saturated rings. The fourth-order valence-corrected chi connectivity index (χ4v) is 2.45. The SMILES string of the molecule is NCCNCCCC(=O)CC1CCCCC1. The minimum atomic E-state index is 0.460. The van der Waals surface area contributed by atoms with Crippen molar-refractivity contribution in [1.82, 2.24) is 5.32 Å². The first kappa shape index (κ1) is 13.7. The van der Waals surface area contributed by atoms with Crippen LogP contribution < -0.4 is 11.1 Å². The van der Waals surface area contributed by atoms with Crippen LogP contribution in [-0.2, 0) is 4.79 Å². The van der Waals surface area contributed by atoms with Crippen LogP contribution in [0.1, 0.15) is 51.4 Å². The Labute approximate surface area is 99.2 Å². The van der Waals surface area contributed by atoms with Crippen LogP contribution in [0.2, 0.25) is 0 Å². The van der Waals surface area contributed by atoms with Gasteiger partial charge in [-0.2, -0.15) is 0 Å². The third-order valence-corrected chi connectivity index (χ3v) is 3.37. The summed E-state index contributed by atoms with van der Waals surface area (Å²) in [6.07, 6.45) is 9.12. The number of hydrogen-bond donors (Lipinski definition) is 2. The molecule has 1 saturated carbocycles. The summed E-state index contributed by atoms with van der Waals surface area (Å²) in [6, 6.07) is 0. The average Bonchev–Trinajstić information content (AvgIpc) is 2.30. The van der Waals surface area contributed by atoms with Gasteiger partial charge in [-0.15, -0.1) is 0 Å². The van der Waals surface area contributed by atoms with Crippen LogP contribution >= 0.6 is 0 Å². The van der Waals surface area contributed by atoms with Crippen LogP contribution in [0.3, 0.4) is 0 Å². The maximum atomic E-state index is 11.7. The molecule has 3 heteroatoms. The summed E-state index contributed by atoms with van der Waals surface area (Å²) in [5.74, 6) is 1.15. The highest BCUT2D eigenvalue weighted by Gasteiger charge is 2.16. The van der Waals surface area contributed by atoms with E-state index in [0.717, 1.165) is 32.4 Å². The van der Waals surface area contributed by atoms with Crippen LogP contribution in [-0.4, -0.2) is 25.4 Å². The lowest BCUT2D eigenvalue weighted by Gasteiger charge is -2.20. The summed E-state index contributed by atoms with van der Waals surface area (Å²) in [5.41, 5.74) is 5.36. The molecule has 0 radical (unpaired) electrons. The van der Waals surface area contributed by atoms with E-state index in [1.807, 2.05) is 0 Å². The number of Topliss-reactive ketones (excluding diaryl/α,β-unsaturated/α-hetero) is 1. The Balaban J connectivity index is 1.97. The van der Waals surface area contributed by atoms with Crippen LogP contribution in [0, 0.1) is 5.92 Å². The molecule has 0 atom stereocenters. The number of ketones is 1. The van der Waals surface area contributed by atoms with E-state index in [1.54, 1.807) is 0 Å². The lowest BCUT2D eigenvalue weighted by Crippen LogP contribution is -2.24. The molecule has 1 aliphatic carbocycles. The standard InChI is InChI=1S/C13H26N2O/c14-8-10-15-9-4-7-13(16)11-12-5-2-1-3-6-12/h12,15H,1-11,14H2. The number of carbonyl (C=O) groups is 1. The highest BCUT2D eigenvalue weighted by atomic mass is 16.1. The van der Waals surface area contributed by atoms with Gasteiger partial charge in [-0.05, 0) is 18.9 Å². The fourth-order valence-electron chi connectivity index (χ4n) is 2.45. The molecule has 0 unspecified atom stereocenters. The number of nitrogens with two attached hydrogens (primary N) is 1. The van der Waals surface area contributed by atoms with Gasteiger partial charge in [0.1, 0.15) is 5.78 Å². The zero-order valence-corrected chi connectivity index (χ0v) is 10.3. The van der Waals surface area contributed by atoms with Gasteiger partial charge < -0.3 is 11.1 Å². The number of nitrogens with one attached hydrogen (secondary N) is 1. The lowest BCUT2D eigenvalue weighted by atomic mass is 9.85. The Kier molecular flexibility index (Phi) is 7.43. The zero-order chi connectivity index (χ0) is 11.6. The largest absolute Gasteiger partial charge is 0.329 e. The van der Waals surface area contributed by atoms with Crippen molar-refractivity contribution in [1.29, 1.82) is 0 Å². The number of carbonyl (C=O) groups excluding carboxylic acids is 1. The molecule has 0 spiro atoms. The summed E-state index contributed by atoms with van der Waals surface area (Å²) in [6.45, 7) is 2.46. The quantitative estimate of drug-likeness (QED) is 0.621. The Bertz CT molecular complexity index is 188. The van der Waals surface area contributed by atoms with Crippen LogP contribution in [0.4, 0.5) is 0 Å². The van der Waals surface area contributed by atoms with Crippen molar-refractivity contribution in [2.24, 2.45) is 11.7 Å². The molecule has 0 saturated heterocycles. The Morgan fingerprint density at radius 2 is 1.94 bits per heavy atom. The van der Waals surface area contributed by atoms with Crippen LogP contribution in [0.5, 0.6) is 0 Å². The monoisotopic (exact) mass is 226 g/mol. The normalized spacial score (nSPS) is 17.6. The van der Waals surface area contributed by atoms with Gasteiger partial charge in [0.2, 0.25) is 0 Å². The topological polar surface area (TPSA) is 55.1 Å². The average molecular weight is 226 g/mol. The van der Waals surface area contributed by atoms with E-state index in [2.05, 4.69) is 5.32 Å². The summed E-state index contributed by atoms with van der Waals surface area (Å²) in [4.78, 5) is 11.7. The molecule has 0 aromatic carbocycles. The van der Waals surface area contributed by atoms with Gasteiger partial charge in [0.05, 0.1) is 0 Å². The van der Waals surface area contributed by atoms with Crippen molar-refractivity contribution in [3.8, 4) is 0 Å². The molecule has 1 aliphatic rings. The first-order valence-corrected chi connectivity index (χ1v) is 6.75. The van der Waals surface area contributed by atoms with Crippen LogP contribution in [0.25, 0.3) is 0 Å². The molecule has 3 nitrogen and oxygen atoms in total. The predicted molar refractivity (Wildman–Crippen MR) is 67.4 cm³/mol. The van der Waals surface area contributed by atoms with Crippen molar-refractivity contribution >= 4 is 5.78 Å².